The molecule has 2 N–H and O–H groups in total. The molecule has 2 bridgehead atoms. The molecule has 28 heavy (non-hydrogen) atoms. The van der Waals surface area contributed by atoms with E-state index < -0.39 is 0 Å². The van der Waals surface area contributed by atoms with E-state index in [-0.39, 0.29) is 17.0 Å². The van der Waals surface area contributed by atoms with E-state index in [1.54, 1.807) is 13.2 Å². The van der Waals surface area contributed by atoms with Gasteiger partial charge in [-0.2, -0.15) is 0 Å². The van der Waals surface area contributed by atoms with Gasteiger partial charge in [-0.05, 0) is 61.6 Å². The molecule has 1 aromatic carbocycles. The number of aryl methyl sites for hydroxylation is 1. The molecule has 2 aliphatic rings. The minimum Gasteiger partial charge on any atom is -0.497 e. The summed E-state index contributed by atoms with van der Waals surface area (Å²) in [6, 6.07) is 11.6. The summed E-state index contributed by atoms with van der Waals surface area (Å²) in [5.74, 6) is 1.42. The van der Waals surface area contributed by atoms with E-state index in [0.29, 0.717) is 24.9 Å². The van der Waals surface area contributed by atoms with Crippen molar-refractivity contribution in [2.45, 2.75) is 31.7 Å². The van der Waals surface area contributed by atoms with Gasteiger partial charge in [-0.25, -0.2) is 0 Å². The van der Waals surface area contributed by atoms with Gasteiger partial charge in [0.15, 0.2) is 0 Å². The highest BCUT2D eigenvalue weighted by Gasteiger charge is 2.31. The summed E-state index contributed by atoms with van der Waals surface area (Å²) in [4.78, 5) is 25.4. The summed E-state index contributed by atoms with van der Waals surface area (Å²) in [5, 5.41) is 6.34. The summed E-state index contributed by atoms with van der Waals surface area (Å²) in [6.07, 6.45) is 2.81. The number of piperidine rings is 1. The van der Waals surface area contributed by atoms with Gasteiger partial charge in [-0.1, -0.05) is 12.1 Å². The number of benzene rings is 1. The normalized spacial score (nSPS) is 20.3. The molecule has 148 valence electrons. The molecule has 1 fully saturated rings. The molecule has 3 heterocycles. The molecule has 1 aromatic heterocycles. The van der Waals surface area contributed by atoms with Gasteiger partial charge in [-0.3, -0.25) is 9.59 Å². The van der Waals surface area contributed by atoms with Crippen molar-refractivity contribution >= 4 is 5.91 Å². The van der Waals surface area contributed by atoms with Crippen LogP contribution in [0.3, 0.4) is 0 Å². The zero-order valence-corrected chi connectivity index (χ0v) is 16.2. The van der Waals surface area contributed by atoms with Crippen molar-refractivity contribution in [2.75, 3.05) is 26.7 Å². The molecule has 0 aliphatic carbocycles. The Morgan fingerprint density at radius 2 is 2.04 bits per heavy atom. The van der Waals surface area contributed by atoms with Gasteiger partial charge >= 0.3 is 0 Å². The SMILES string of the molecule is COc1ccc(CCCNC(=O)c2ccc3n(c2=O)C[C@@H]2CNC[C@H]3C2)cc1. The van der Waals surface area contributed by atoms with Gasteiger partial charge in [0.1, 0.15) is 11.3 Å². The number of carbonyl (C=O) groups is 1. The second-order valence-corrected chi connectivity index (χ2v) is 7.75. The van der Waals surface area contributed by atoms with Gasteiger partial charge in [0.2, 0.25) is 0 Å². The minimum atomic E-state index is -0.274. The van der Waals surface area contributed by atoms with Crippen LogP contribution in [0.2, 0.25) is 0 Å². The third-order valence-corrected chi connectivity index (χ3v) is 5.84. The predicted molar refractivity (Wildman–Crippen MR) is 108 cm³/mol. The van der Waals surface area contributed by atoms with Gasteiger partial charge in [0.25, 0.3) is 11.5 Å². The van der Waals surface area contributed by atoms with Gasteiger partial charge in [0, 0.05) is 31.2 Å². The Labute approximate surface area is 164 Å². The number of rotatable bonds is 6. The van der Waals surface area contributed by atoms with Crippen LogP contribution in [-0.4, -0.2) is 37.2 Å². The number of nitrogens with one attached hydrogen (secondary N) is 2. The van der Waals surface area contributed by atoms with E-state index in [1.807, 2.05) is 34.9 Å². The Balaban J connectivity index is 1.36. The Morgan fingerprint density at radius 3 is 2.82 bits per heavy atom. The molecule has 1 amide bonds. The highest BCUT2D eigenvalue weighted by molar-refractivity contribution is 5.93. The Hall–Kier alpha value is -2.60. The van der Waals surface area contributed by atoms with Gasteiger partial charge in [-0.15, -0.1) is 0 Å². The first-order valence-corrected chi connectivity index (χ1v) is 10.0. The molecule has 0 spiro atoms. The lowest BCUT2D eigenvalue weighted by molar-refractivity contribution is 0.0950. The van der Waals surface area contributed by atoms with Crippen molar-refractivity contribution in [2.24, 2.45) is 5.92 Å². The molecule has 2 atom stereocenters. The molecule has 6 heteroatoms. The zero-order valence-electron chi connectivity index (χ0n) is 16.2. The number of carbonyl (C=O) groups excluding carboxylic acids is 1. The Kier molecular flexibility index (Phi) is 5.48. The smallest absolute Gasteiger partial charge is 0.263 e. The first-order chi connectivity index (χ1) is 13.7. The number of hydrogen-bond acceptors (Lipinski definition) is 4. The van der Waals surface area contributed by atoms with Crippen molar-refractivity contribution in [1.29, 1.82) is 0 Å². The van der Waals surface area contributed by atoms with E-state index in [1.165, 1.54) is 5.56 Å². The van der Waals surface area contributed by atoms with Crippen LogP contribution >= 0.6 is 0 Å². The number of fused-ring (bicyclic) bond motifs is 4. The second kappa shape index (κ2) is 8.19. The van der Waals surface area contributed by atoms with Crippen LogP contribution in [0.15, 0.2) is 41.2 Å². The van der Waals surface area contributed by atoms with Crippen LogP contribution in [0.5, 0.6) is 5.75 Å². The summed E-state index contributed by atoms with van der Waals surface area (Å²) < 4.78 is 6.98. The number of pyridine rings is 1. The van der Waals surface area contributed by atoms with E-state index >= 15 is 0 Å². The molecule has 2 aliphatic heterocycles. The number of nitrogens with zero attached hydrogens (tertiary/aromatic N) is 1. The maximum absolute atomic E-state index is 12.9. The largest absolute Gasteiger partial charge is 0.497 e. The summed E-state index contributed by atoms with van der Waals surface area (Å²) in [5.41, 5.74) is 2.36. The molecular formula is C22H27N3O3. The third-order valence-electron chi connectivity index (χ3n) is 5.84. The van der Waals surface area contributed by atoms with E-state index in [9.17, 15) is 9.59 Å². The van der Waals surface area contributed by atoms with Crippen molar-refractivity contribution in [3.05, 3.63) is 63.6 Å². The van der Waals surface area contributed by atoms with Crippen LogP contribution in [0.1, 0.15) is 40.4 Å². The maximum atomic E-state index is 12.9. The molecule has 2 aromatic rings. The fourth-order valence-electron chi connectivity index (χ4n) is 4.35. The van der Waals surface area contributed by atoms with Crippen molar-refractivity contribution < 1.29 is 9.53 Å². The summed E-state index contributed by atoms with van der Waals surface area (Å²) in [7, 11) is 1.65. The highest BCUT2D eigenvalue weighted by Crippen LogP contribution is 2.31. The highest BCUT2D eigenvalue weighted by atomic mass is 16.5. The second-order valence-electron chi connectivity index (χ2n) is 7.75. The van der Waals surface area contributed by atoms with Crippen LogP contribution in [0.4, 0.5) is 0 Å². The fraction of sp³-hybridized carbons (Fsp3) is 0.455. The number of methoxy groups -OCH3 is 1. The molecule has 1 saturated heterocycles. The Morgan fingerprint density at radius 1 is 1.21 bits per heavy atom. The van der Waals surface area contributed by atoms with Crippen molar-refractivity contribution in [3.8, 4) is 5.75 Å². The van der Waals surface area contributed by atoms with Crippen molar-refractivity contribution in [3.63, 3.8) is 0 Å². The fourth-order valence-corrected chi connectivity index (χ4v) is 4.35. The van der Waals surface area contributed by atoms with Gasteiger partial charge in [0.05, 0.1) is 7.11 Å². The zero-order chi connectivity index (χ0) is 19.5. The molecule has 0 unspecified atom stereocenters. The lowest BCUT2D eigenvalue weighted by Crippen LogP contribution is -2.46. The molecule has 0 saturated carbocycles. The monoisotopic (exact) mass is 381 g/mol. The maximum Gasteiger partial charge on any atom is 0.263 e. The average Bonchev–Trinajstić information content (AvgIpc) is 2.72. The number of amides is 1. The summed E-state index contributed by atoms with van der Waals surface area (Å²) in [6.45, 7) is 3.11. The van der Waals surface area contributed by atoms with E-state index in [0.717, 1.165) is 43.8 Å². The van der Waals surface area contributed by atoms with Crippen LogP contribution < -0.4 is 20.9 Å². The predicted octanol–water partition coefficient (Wildman–Crippen LogP) is 1.93. The van der Waals surface area contributed by atoms with E-state index in [4.69, 9.17) is 4.74 Å². The topological polar surface area (TPSA) is 72.4 Å². The van der Waals surface area contributed by atoms with E-state index in [2.05, 4.69) is 10.6 Å². The number of ether oxygens (including phenoxy) is 1. The molecule has 6 nitrogen and oxygen atoms in total. The quantitative estimate of drug-likeness (QED) is 0.750. The first kappa shape index (κ1) is 18.7. The van der Waals surface area contributed by atoms with Crippen LogP contribution in [0.25, 0.3) is 0 Å². The lowest BCUT2D eigenvalue weighted by Gasteiger charge is -2.37. The van der Waals surface area contributed by atoms with Crippen LogP contribution in [-0.2, 0) is 13.0 Å². The average molecular weight is 381 g/mol. The standard InChI is InChI=1S/C22H27N3O3/c1-28-18-6-4-15(5-7-18)3-2-10-24-21(26)19-8-9-20-17-11-16(12-23-13-17)14-25(20)22(19)27/h4-9,16-17,23H,2-3,10-14H2,1H3,(H,24,26)/t16-,17+/m0/s1. The van der Waals surface area contributed by atoms with Crippen LogP contribution in [0, 0.1) is 5.92 Å². The third kappa shape index (κ3) is 3.83. The first-order valence-electron chi connectivity index (χ1n) is 10.0. The molecule has 0 radical (unpaired) electrons. The Bertz CT molecular complexity index is 904. The number of aromatic nitrogens is 1. The van der Waals surface area contributed by atoms with Gasteiger partial charge < -0.3 is 19.9 Å². The summed E-state index contributed by atoms with van der Waals surface area (Å²) >= 11 is 0. The number of hydrogen-bond donors (Lipinski definition) is 2. The van der Waals surface area contributed by atoms with Crippen molar-refractivity contribution in [1.82, 2.24) is 15.2 Å². The molecular weight excluding hydrogens is 354 g/mol. The minimum absolute atomic E-state index is 0.151. The molecule has 4 rings (SSSR count). The lowest BCUT2D eigenvalue weighted by atomic mass is 9.84.